The first-order chi connectivity index (χ1) is 22.5. The molecule has 47 heavy (non-hydrogen) atoms. The van der Waals surface area contributed by atoms with Gasteiger partial charge in [0.1, 0.15) is 18.3 Å². The van der Waals surface area contributed by atoms with Crippen molar-refractivity contribution < 1.29 is 22.7 Å². The predicted molar refractivity (Wildman–Crippen MR) is 190 cm³/mol. The minimum absolute atomic E-state index is 0.0177. The van der Waals surface area contributed by atoms with Crippen molar-refractivity contribution in [3.8, 4) is 5.75 Å². The maximum absolute atomic E-state index is 14.6. The number of nitrogens with zero attached hydrogens (tertiary/aromatic N) is 2. The molecule has 248 valence electrons. The Hall–Kier alpha value is -4.15. The molecule has 4 aromatic rings. The van der Waals surface area contributed by atoms with Gasteiger partial charge in [-0.1, -0.05) is 83.0 Å². The Morgan fingerprint density at radius 3 is 2.09 bits per heavy atom. The summed E-state index contributed by atoms with van der Waals surface area (Å²) in [6.07, 6.45) is 0.966. The van der Waals surface area contributed by atoms with Crippen LogP contribution in [0.15, 0.2) is 112 Å². The fraction of sp³-hybridized carbons (Fsp3) is 0.297. The molecule has 0 aliphatic rings. The molecule has 4 aromatic carbocycles. The van der Waals surface area contributed by atoms with Crippen molar-refractivity contribution in [2.75, 3.05) is 17.5 Å². The van der Waals surface area contributed by atoms with E-state index in [2.05, 4.69) is 21.2 Å². The minimum atomic E-state index is -4.21. The Kier molecular flexibility index (Phi) is 12.6. The largest absolute Gasteiger partial charge is 0.494 e. The average Bonchev–Trinajstić information content (AvgIpc) is 3.07. The number of halogens is 1. The first kappa shape index (κ1) is 35.7. The molecule has 0 unspecified atom stereocenters. The summed E-state index contributed by atoms with van der Waals surface area (Å²) in [5, 5.41) is 3.06. The zero-order valence-electron chi connectivity index (χ0n) is 27.2. The van der Waals surface area contributed by atoms with Gasteiger partial charge in [0.25, 0.3) is 10.0 Å². The zero-order valence-corrected chi connectivity index (χ0v) is 29.6. The van der Waals surface area contributed by atoms with Crippen LogP contribution in [0, 0.1) is 6.92 Å². The molecule has 0 saturated heterocycles. The number of ether oxygens (including phenoxy) is 1. The van der Waals surface area contributed by atoms with Gasteiger partial charge in [0.05, 0.1) is 17.2 Å². The molecule has 0 aliphatic carbocycles. The SMILES string of the molecule is CCOc1ccc(S(=O)(=O)N(CC(=O)N(Cc2ccc(Br)cc2)[C@H](Cc2ccccc2)C(=O)N[C@@H](C)CC)c2ccc(C)cc2)cc1. The van der Waals surface area contributed by atoms with Crippen molar-refractivity contribution in [2.24, 2.45) is 0 Å². The van der Waals surface area contributed by atoms with E-state index >= 15 is 0 Å². The molecule has 2 atom stereocenters. The van der Waals surface area contributed by atoms with Crippen LogP contribution in [0.1, 0.15) is 43.9 Å². The number of carbonyl (C=O) groups is 2. The predicted octanol–water partition coefficient (Wildman–Crippen LogP) is 6.91. The average molecular weight is 721 g/mol. The molecule has 0 heterocycles. The van der Waals surface area contributed by atoms with Crippen molar-refractivity contribution in [3.05, 3.63) is 124 Å². The first-order valence-corrected chi connectivity index (χ1v) is 18.0. The lowest BCUT2D eigenvalue weighted by Crippen LogP contribution is -2.54. The number of rotatable bonds is 15. The summed E-state index contributed by atoms with van der Waals surface area (Å²) in [6.45, 7) is 7.68. The van der Waals surface area contributed by atoms with Crippen molar-refractivity contribution in [2.45, 2.75) is 64.1 Å². The van der Waals surface area contributed by atoms with Gasteiger partial charge in [0.2, 0.25) is 11.8 Å². The van der Waals surface area contributed by atoms with Gasteiger partial charge in [-0.2, -0.15) is 0 Å². The van der Waals surface area contributed by atoms with E-state index < -0.39 is 28.5 Å². The molecule has 0 spiro atoms. The third kappa shape index (κ3) is 9.68. The second-order valence-corrected chi connectivity index (χ2v) is 14.2. The van der Waals surface area contributed by atoms with Gasteiger partial charge < -0.3 is 15.0 Å². The summed E-state index contributed by atoms with van der Waals surface area (Å²) >= 11 is 3.47. The van der Waals surface area contributed by atoms with Crippen LogP contribution < -0.4 is 14.4 Å². The van der Waals surface area contributed by atoms with E-state index in [0.29, 0.717) is 24.5 Å². The van der Waals surface area contributed by atoms with E-state index in [9.17, 15) is 18.0 Å². The van der Waals surface area contributed by atoms with Crippen LogP contribution in [0.5, 0.6) is 5.75 Å². The lowest BCUT2D eigenvalue weighted by atomic mass is 10.0. The van der Waals surface area contributed by atoms with Crippen molar-refractivity contribution in [1.82, 2.24) is 10.2 Å². The molecule has 0 saturated carbocycles. The summed E-state index contributed by atoms with van der Waals surface area (Å²) < 4.78 is 36.0. The topological polar surface area (TPSA) is 96.0 Å². The van der Waals surface area contributed by atoms with Crippen LogP contribution in [0.3, 0.4) is 0 Å². The van der Waals surface area contributed by atoms with Crippen molar-refractivity contribution in [1.29, 1.82) is 0 Å². The standard InChI is InChI=1S/C37H42BrN3O5S/c1-5-28(4)39-37(43)35(24-29-10-8-7-9-11-29)40(25-30-14-16-31(38)17-15-30)36(42)26-41(32-18-12-27(3)13-19-32)47(44,45)34-22-20-33(21-23-34)46-6-2/h7-23,28,35H,5-6,24-26H2,1-4H3,(H,39,43)/t28-,35+/m0/s1. The van der Waals surface area contributed by atoms with Crippen molar-refractivity contribution in [3.63, 3.8) is 0 Å². The summed E-state index contributed by atoms with van der Waals surface area (Å²) in [5.74, 6) is -0.269. The van der Waals surface area contributed by atoms with E-state index in [0.717, 1.165) is 25.5 Å². The van der Waals surface area contributed by atoms with E-state index in [1.54, 1.807) is 36.4 Å². The van der Waals surface area contributed by atoms with E-state index in [1.807, 2.05) is 82.3 Å². The summed E-state index contributed by atoms with van der Waals surface area (Å²) in [7, 11) is -4.21. The summed E-state index contributed by atoms with van der Waals surface area (Å²) in [4.78, 5) is 30.1. The Balaban J connectivity index is 1.79. The molecule has 0 radical (unpaired) electrons. The number of aryl methyl sites for hydroxylation is 1. The van der Waals surface area contributed by atoms with E-state index in [4.69, 9.17) is 4.74 Å². The molecule has 2 amide bonds. The summed E-state index contributed by atoms with van der Waals surface area (Å²) in [6, 6.07) is 29.1. The maximum Gasteiger partial charge on any atom is 0.264 e. The highest BCUT2D eigenvalue weighted by Crippen LogP contribution is 2.27. The lowest BCUT2D eigenvalue weighted by Gasteiger charge is -2.34. The minimum Gasteiger partial charge on any atom is -0.494 e. The Morgan fingerprint density at radius 2 is 1.49 bits per heavy atom. The molecule has 8 nitrogen and oxygen atoms in total. The van der Waals surface area contributed by atoms with Crippen molar-refractivity contribution >= 4 is 43.5 Å². The molecule has 0 aliphatic heterocycles. The third-order valence-electron chi connectivity index (χ3n) is 7.86. The number of benzene rings is 4. The fourth-order valence-electron chi connectivity index (χ4n) is 5.02. The number of hydrogen-bond donors (Lipinski definition) is 1. The van der Waals surface area contributed by atoms with E-state index in [1.165, 1.54) is 17.0 Å². The van der Waals surface area contributed by atoms with Gasteiger partial charge >= 0.3 is 0 Å². The highest BCUT2D eigenvalue weighted by atomic mass is 79.9. The molecule has 1 N–H and O–H groups in total. The third-order valence-corrected chi connectivity index (χ3v) is 10.2. The van der Waals surface area contributed by atoms with Crippen LogP contribution in [0.25, 0.3) is 0 Å². The van der Waals surface area contributed by atoms with Crippen LogP contribution in [0.4, 0.5) is 5.69 Å². The second-order valence-electron chi connectivity index (χ2n) is 11.4. The number of anilines is 1. The molecule has 4 rings (SSSR count). The number of hydrogen-bond acceptors (Lipinski definition) is 5. The zero-order chi connectivity index (χ0) is 34.0. The quantitative estimate of drug-likeness (QED) is 0.144. The molecule has 0 aromatic heterocycles. The van der Waals surface area contributed by atoms with Gasteiger partial charge in [0.15, 0.2) is 0 Å². The first-order valence-electron chi connectivity index (χ1n) is 15.7. The normalized spacial score (nSPS) is 12.5. The van der Waals surface area contributed by atoms with Crippen LogP contribution >= 0.6 is 15.9 Å². The number of nitrogens with one attached hydrogen (secondary N) is 1. The van der Waals surface area contributed by atoms with Gasteiger partial charge in [-0.05, 0) is 86.8 Å². The van der Waals surface area contributed by atoms with Gasteiger partial charge in [-0.3, -0.25) is 13.9 Å². The Bertz CT molecular complexity index is 1720. The van der Waals surface area contributed by atoms with Crippen LogP contribution in [-0.2, 0) is 32.6 Å². The lowest BCUT2D eigenvalue weighted by molar-refractivity contribution is -0.140. The molecule has 0 fully saturated rings. The van der Waals surface area contributed by atoms with Gasteiger partial charge in [0, 0.05) is 23.5 Å². The second kappa shape index (κ2) is 16.6. The molecular formula is C37H42BrN3O5S. The Labute approximate surface area is 286 Å². The summed E-state index contributed by atoms with van der Waals surface area (Å²) in [5.41, 5.74) is 2.96. The number of amides is 2. The molecule has 10 heteroatoms. The van der Waals surface area contributed by atoms with E-state index in [-0.39, 0.29) is 29.8 Å². The highest BCUT2D eigenvalue weighted by Gasteiger charge is 2.35. The molecular weight excluding hydrogens is 678 g/mol. The Morgan fingerprint density at radius 1 is 0.851 bits per heavy atom. The number of sulfonamides is 1. The van der Waals surface area contributed by atoms with Gasteiger partial charge in [-0.15, -0.1) is 0 Å². The smallest absolute Gasteiger partial charge is 0.264 e. The highest BCUT2D eigenvalue weighted by molar-refractivity contribution is 9.10. The van der Waals surface area contributed by atoms with Gasteiger partial charge in [-0.25, -0.2) is 8.42 Å². The maximum atomic E-state index is 14.6. The van der Waals surface area contributed by atoms with Crippen LogP contribution in [0.2, 0.25) is 0 Å². The fourth-order valence-corrected chi connectivity index (χ4v) is 6.70. The molecule has 0 bridgehead atoms. The number of carbonyl (C=O) groups excluding carboxylic acids is 2. The monoisotopic (exact) mass is 719 g/mol. The van der Waals surface area contributed by atoms with Crippen LogP contribution in [-0.4, -0.2) is 50.4 Å².